The molecular weight excluding hydrogens is 548 g/mol. The molecule has 0 spiro atoms. The van der Waals surface area contributed by atoms with E-state index >= 15 is 8.78 Å². The Kier molecular flexibility index (Phi) is 9.75. The van der Waals surface area contributed by atoms with Gasteiger partial charge in [-0.15, -0.1) is 0 Å². The number of halogens is 3. The number of benzene rings is 3. The van der Waals surface area contributed by atoms with Gasteiger partial charge in [0, 0.05) is 19.5 Å². The van der Waals surface area contributed by atoms with Crippen molar-refractivity contribution in [3.05, 3.63) is 76.8 Å². The summed E-state index contributed by atoms with van der Waals surface area (Å²) >= 11 is 6.46. The number of rotatable bonds is 13. The molecule has 2 fully saturated rings. The van der Waals surface area contributed by atoms with Crippen molar-refractivity contribution in [3.8, 4) is 5.75 Å². The molecule has 0 unspecified atom stereocenters. The maximum absolute atomic E-state index is 15.1. The van der Waals surface area contributed by atoms with E-state index in [4.69, 9.17) is 16.3 Å². The molecule has 2 heterocycles. The number of ether oxygens (including phenoxy) is 1. The molecule has 0 radical (unpaired) electrons. The molecule has 2 aliphatic heterocycles. The second-order valence-electron chi connectivity index (χ2n) is 11.2. The maximum Gasteiger partial charge on any atom is 0.324 e. The third-order valence-electron chi connectivity index (χ3n) is 8.14. The summed E-state index contributed by atoms with van der Waals surface area (Å²) in [6, 6.07) is 17.4. The van der Waals surface area contributed by atoms with E-state index < -0.39 is 30.4 Å². The predicted molar refractivity (Wildman–Crippen MR) is 158 cm³/mol. The lowest BCUT2D eigenvalue weighted by molar-refractivity contribution is -0.148. The number of alkyl halides is 2. The van der Waals surface area contributed by atoms with Gasteiger partial charge in [-0.25, -0.2) is 0 Å². The molecule has 9 heteroatoms. The predicted octanol–water partition coefficient (Wildman–Crippen LogP) is 5.46. The molecule has 220 valence electrons. The summed E-state index contributed by atoms with van der Waals surface area (Å²) in [7, 11) is 0. The minimum atomic E-state index is -3.60. The highest BCUT2D eigenvalue weighted by atomic mass is 35.5. The van der Waals surface area contributed by atoms with Crippen LogP contribution in [0.5, 0.6) is 5.75 Å². The SMILES string of the molecule is O=C(N[C@H](CN1CCCC1)[C@H](O)c1ccc(OCCN2CCC2)c(Cl)c1)C(F)(F)CCc1ccc2ccccc2c1. The lowest BCUT2D eigenvalue weighted by Gasteiger charge is -2.31. The van der Waals surface area contributed by atoms with E-state index in [1.165, 1.54) is 6.42 Å². The van der Waals surface area contributed by atoms with Gasteiger partial charge in [-0.05, 0) is 85.9 Å². The van der Waals surface area contributed by atoms with Crippen LogP contribution < -0.4 is 10.1 Å². The lowest BCUT2D eigenvalue weighted by atomic mass is 9.99. The first-order chi connectivity index (χ1) is 19.8. The van der Waals surface area contributed by atoms with E-state index in [9.17, 15) is 9.90 Å². The van der Waals surface area contributed by atoms with Gasteiger partial charge < -0.3 is 20.1 Å². The Morgan fingerprint density at radius 2 is 1.71 bits per heavy atom. The van der Waals surface area contributed by atoms with E-state index in [0.29, 0.717) is 22.9 Å². The fourth-order valence-electron chi connectivity index (χ4n) is 5.49. The summed E-state index contributed by atoms with van der Waals surface area (Å²) in [5, 5.41) is 16.1. The number of hydrogen-bond donors (Lipinski definition) is 2. The fraction of sp³-hybridized carbons (Fsp3) is 0.469. The molecule has 3 aromatic carbocycles. The average Bonchev–Trinajstić information content (AvgIpc) is 3.46. The third-order valence-corrected chi connectivity index (χ3v) is 8.43. The van der Waals surface area contributed by atoms with Crippen LogP contribution in [-0.4, -0.2) is 78.7 Å². The van der Waals surface area contributed by atoms with E-state index in [0.717, 1.165) is 61.9 Å². The molecule has 0 aromatic heterocycles. The van der Waals surface area contributed by atoms with Gasteiger partial charge in [-0.3, -0.25) is 9.69 Å². The number of aryl methyl sites for hydroxylation is 1. The summed E-state index contributed by atoms with van der Waals surface area (Å²) in [5.41, 5.74) is 1.18. The molecule has 3 aromatic rings. The summed E-state index contributed by atoms with van der Waals surface area (Å²) in [6.07, 6.45) is 1.41. The normalized spacial score (nSPS) is 17.8. The Bertz CT molecular complexity index is 1330. The second-order valence-corrected chi connectivity index (χ2v) is 11.6. The van der Waals surface area contributed by atoms with Crippen LogP contribution in [0, 0.1) is 0 Å². The zero-order chi connectivity index (χ0) is 28.8. The van der Waals surface area contributed by atoms with Crippen molar-refractivity contribution in [2.45, 2.75) is 50.2 Å². The number of nitrogens with zero attached hydrogens (tertiary/aromatic N) is 2. The van der Waals surface area contributed by atoms with Crippen LogP contribution >= 0.6 is 11.6 Å². The van der Waals surface area contributed by atoms with Crippen molar-refractivity contribution in [1.82, 2.24) is 15.1 Å². The molecule has 0 aliphatic carbocycles. The summed E-state index contributed by atoms with van der Waals surface area (Å²) < 4.78 is 36.1. The monoisotopic (exact) mass is 585 g/mol. The van der Waals surface area contributed by atoms with Gasteiger partial charge in [0.15, 0.2) is 0 Å². The van der Waals surface area contributed by atoms with Crippen LogP contribution in [0.1, 0.15) is 42.9 Å². The Morgan fingerprint density at radius 1 is 0.976 bits per heavy atom. The standard InChI is InChI=1S/C32H38ClF2N3O3/c33-27-21-26(10-11-29(27)41-19-18-37-16-5-17-37)30(39)28(22-38-14-3-4-15-38)36-31(40)32(34,35)13-12-23-8-9-24-6-1-2-7-25(24)20-23/h1-2,6-11,20-21,28,30,39H,3-5,12-19,22H2,(H,36,40)/t28-,30-/m1/s1. The number of likely N-dealkylation sites (tertiary alicyclic amines) is 2. The van der Waals surface area contributed by atoms with Crippen LogP contribution in [0.2, 0.25) is 5.02 Å². The van der Waals surface area contributed by atoms with Crippen molar-refractivity contribution in [3.63, 3.8) is 0 Å². The molecular formula is C32H38ClF2N3O3. The van der Waals surface area contributed by atoms with Crippen molar-refractivity contribution >= 4 is 28.3 Å². The Balaban J connectivity index is 1.23. The number of amides is 1. The van der Waals surface area contributed by atoms with Gasteiger partial charge in [-0.2, -0.15) is 8.78 Å². The van der Waals surface area contributed by atoms with E-state index in [-0.39, 0.29) is 13.0 Å². The average molecular weight is 586 g/mol. The summed E-state index contributed by atoms with van der Waals surface area (Å²) in [5.74, 6) is -4.47. The number of carbonyl (C=O) groups is 1. The van der Waals surface area contributed by atoms with Gasteiger partial charge in [0.2, 0.25) is 0 Å². The summed E-state index contributed by atoms with van der Waals surface area (Å²) in [6.45, 7) is 5.33. The van der Waals surface area contributed by atoms with Gasteiger partial charge in [-0.1, -0.05) is 60.1 Å². The highest BCUT2D eigenvalue weighted by Gasteiger charge is 2.40. The molecule has 41 heavy (non-hydrogen) atoms. The van der Waals surface area contributed by atoms with Crippen LogP contribution in [-0.2, 0) is 11.2 Å². The fourth-order valence-corrected chi connectivity index (χ4v) is 5.73. The number of nitrogens with one attached hydrogen (secondary N) is 1. The number of aliphatic hydroxyl groups excluding tert-OH is 1. The van der Waals surface area contributed by atoms with Crippen molar-refractivity contribution in [2.24, 2.45) is 0 Å². The second kappa shape index (κ2) is 13.5. The first-order valence-corrected chi connectivity index (χ1v) is 14.9. The van der Waals surface area contributed by atoms with Gasteiger partial charge in [0.25, 0.3) is 5.91 Å². The highest BCUT2D eigenvalue weighted by Crippen LogP contribution is 2.31. The number of hydrogen-bond acceptors (Lipinski definition) is 5. The topological polar surface area (TPSA) is 65.0 Å². The number of carbonyl (C=O) groups excluding carboxylic acids is 1. The largest absolute Gasteiger partial charge is 0.491 e. The van der Waals surface area contributed by atoms with Crippen LogP contribution in [0.3, 0.4) is 0 Å². The molecule has 2 saturated heterocycles. The summed E-state index contributed by atoms with van der Waals surface area (Å²) in [4.78, 5) is 17.3. The van der Waals surface area contributed by atoms with Crippen molar-refractivity contribution in [2.75, 3.05) is 45.9 Å². The van der Waals surface area contributed by atoms with Crippen LogP contribution in [0.25, 0.3) is 10.8 Å². The quantitative estimate of drug-likeness (QED) is 0.279. The maximum atomic E-state index is 15.1. The van der Waals surface area contributed by atoms with E-state index in [1.54, 1.807) is 18.2 Å². The third kappa shape index (κ3) is 7.74. The zero-order valence-corrected chi connectivity index (χ0v) is 24.0. The van der Waals surface area contributed by atoms with Gasteiger partial charge >= 0.3 is 5.92 Å². The first-order valence-electron chi connectivity index (χ1n) is 14.5. The number of aliphatic hydroxyl groups is 1. The van der Waals surface area contributed by atoms with Crippen LogP contribution in [0.4, 0.5) is 8.78 Å². The molecule has 1 amide bonds. The van der Waals surface area contributed by atoms with Gasteiger partial charge in [0.05, 0.1) is 11.1 Å². The molecule has 2 atom stereocenters. The molecule has 6 nitrogen and oxygen atoms in total. The molecule has 0 saturated carbocycles. The van der Waals surface area contributed by atoms with E-state index in [2.05, 4.69) is 15.1 Å². The van der Waals surface area contributed by atoms with Crippen molar-refractivity contribution < 1.29 is 23.4 Å². The first kappa shape index (κ1) is 29.7. The molecule has 2 aliphatic rings. The molecule has 5 rings (SSSR count). The van der Waals surface area contributed by atoms with E-state index in [1.807, 2.05) is 42.5 Å². The molecule has 0 bridgehead atoms. The molecule has 2 N–H and O–H groups in total. The van der Waals surface area contributed by atoms with Gasteiger partial charge in [0.1, 0.15) is 18.5 Å². The van der Waals surface area contributed by atoms with Crippen molar-refractivity contribution in [1.29, 1.82) is 0 Å². The zero-order valence-electron chi connectivity index (χ0n) is 23.2. The minimum Gasteiger partial charge on any atom is -0.491 e. The number of fused-ring (bicyclic) bond motifs is 1. The Labute approximate surface area is 245 Å². The lowest BCUT2D eigenvalue weighted by Crippen LogP contribution is -2.51. The highest BCUT2D eigenvalue weighted by molar-refractivity contribution is 6.32. The Morgan fingerprint density at radius 3 is 2.41 bits per heavy atom. The Hall–Kier alpha value is -2.78. The minimum absolute atomic E-state index is 0.0550. The smallest absolute Gasteiger partial charge is 0.324 e. The van der Waals surface area contributed by atoms with Crippen LogP contribution in [0.15, 0.2) is 60.7 Å².